The average Bonchev–Trinajstić information content (AvgIpc) is 2.49. The maximum Gasteiger partial charge on any atom is 0.165 e. The predicted octanol–water partition coefficient (Wildman–Crippen LogP) is 4.19. The van der Waals surface area contributed by atoms with Crippen molar-refractivity contribution < 1.29 is 13.9 Å². The molecule has 20 heavy (non-hydrogen) atoms. The van der Waals surface area contributed by atoms with E-state index in [-0.39, 0.29) is 17.4 Å². The zero-order chi connectivity index (χ0) is 14.4. The fourth-order valence-corrected chi connectivity index (χ4v) is 2.09. The van der Waals surface area contributed by atoms with E-state index in [1.54, 1.807) is 19.2 Å². The summed E-state index contributed by atoms with van der Waals surface area (Å²) < 4.78 is 24.3. The molecule has 0 aliphatic rings. The van der Waals surface area contributed by atoms with Gasteiger partial charge in [0.2, 0.25) is 0 Å². The first-order valence-electron chi connectivity index (χ1n) is 6.33. The highest BCUT2D eigenvalue weighted by Crippen LogP contribution is 2.24. The van der Waals surface area contributed by atoms with Gasteiger partial charge in [-0.25, -0.2) is 4.39 Å². The highest BCUT2D eigenvalue weighted by Gasteiger charge is 2.08. The molecule has 2 nitrogen and oxygen atoms in total. The third kappa shape index (κ3) is 3.64. The topological polar surface area (TPSA) is 18.5 Å². The number of para-hydroxylation sites is 1. The summed E-state index contributed by atoms with van der Waals surface area (Å²) in [6.45, 7) is 0.400. The summed E-state index contributed by atoms with van der Waals surface area (Å²) in [5, 5.41) is 0. The highest BCUT2D eigenvalue weighted by atomic mass is 35.5. The molecule has 0 fully saturated rings. The van der Waals surface area contributed by atoms with E-state index >= 15 is 0 Å². The van der Waals surface area contributed by atoms with Gasteiger partial charge in [-0.3, -0.25) is 0 Å². The first-order valence-corrected chi connectivity index (χ1v) is 6.87. The van der Waals surface area contributed by atoms with Crippen LogP contribution in [-0.4, -0.2) is 13.7 Å². The van der Waals surface area contributed by atoms with Crippen LogP contribution in [0, 0.1) is 5.82 Å². The Balaban J connectivity index is 1.95. The molecule has 2 rings (SSSR count). The van der Waals surface area contributed by atoms with Gasteiger partial charge in [-0.05, 0) is 23.8 Å². The Bertz CT molecular complexity index is 555. The lowest BCUT2D eigenvalue weighted by Crippen LogP contribution is -2.04. The molecule has 2 aromatic carbocycles. The molecule has 0 aliphatic carbocycles. The van der Waals surface area contributed by atoms with Gasteiger partial charge in [-0.15, -0.1) is 11.6 Å². The number of benzene rings is 2. The monoisotopic (exact) mass is 294 g/mol. The van der Waals surface area contributed by atoms with Gasteiger partial charge >= 0.3 is 0 Å². The predicted molar refractivity (Wildman–Crippen MR) is 78.2 cm³/mol. The van der Waals surface area contributed by atoms with Crippen LogP contribution in [0.2, 0.25) is 0 Å². The van der Waals surface area contributed by atoms with E-state index in [2.05, 4.69) is 0 Å². The van der Waals surface area contributed by atoms with Gasteiger partial charge in [0.05, 0.1) is 19.6 Å². The van der Waals surface area contributed by atoms with Crippen LogP contribution < -0.4 is 9.47 Å². The Morgan fingerprint density at radius 2 is 1.85 bits per heavy atom. The van der Waals surface area contributed by atoms with E-state index in [0.717, 1.165) is 11.3 Å². The van der Waals surface area contributed by atoms with Crippen LogP contribution in [0.25, 0.3) is 0 Å². The van der Waals surface area contributed by atoms with Gasteiger partial charge in [0.25, 0.3) is 0 Å². The number of rotatable bonds is 6. The molecule has 0 spiro atoms. The number of hydrogen-bond donors (Lipinski definition) is 0. The molecular formula is C16H16ClFO2. The maximum absolute atomic E-state index is 13.7. The van der Waals surface area contributed by atoms with E-state index in [9.17, 15) is 4.39 Å². The van der Waals surface area contributed by atoms with Crippen molar-refractivity contribution in [1.29, 1.82) is 0 Å². The number of halogens is 2. The molecule has 0 aliphatic heterocycles. The summed E-state index contributed by atoms with van der Waals surface area (Å²) in [6.07, 6.45) is 0.694. The van der Waals surface area contributed by atoms with Crippen LogP contribution in [0.3, 0.4) is 0 Å². The summed E-state index contributed by atoms with van der Waals surface area (Å²) in [4.78, 5) is 0. The van der Waals surface area contributed by atoms with Crippen molar-refractivity contribution in [2.45, 2.75) is 12.3 Å². The summed E-state index contributed by atoms with van der Waals surface area (Å²) in [6, 6.07) is 12.5. The summed E-state index contributed by atoms with van der Waals surface area (Å²) in [5.74, 6) is 0.914. The minimum atomic E-state index is -0.377. The lowest BCUT2D eigenvalue weighted by atomic mass is 10.1. The second-order valence-electron chi connectivity index (χ2n) is 4.31. The molecule has 0 atom stereocenters. The fourth-order valence-electron chi connectivity index (χ4n) is 1.88. The molecular weight excluding hydrogens is 279 g/mol. The molecule has 0 N–H and O–H groups in total. The van der Waals surface area contributed by atoms with Crippen molar-refractivity contribution in [1.82, 2.24) is 0 Å². The molecule has 0 heterocycles. The molecule has 0 radical (unpaired) electrons. The molecule has 0 saturated carbocycles. The molecule has 106 valence electrons. The molecule has 0 bridgehead atoms. The van der Waals surface area contributed by atoms with Crippen molar-refractivity contribution in [3.63, 3.8) is 0 Å². The second-order valence-corrected chi connectivity index (χ2v) is 4.58. The van der Waals surface area contributed by atoms with E-state index in [4.69, 9.17) is 21.1 Å². The Morgan fingerprint density at radius 1 is 1.10 bits per heavy atom. The highest BCUT2D eigenvalue weighted by molar-refractivity contribution is 6.17. The standard InChI is InChI=1S/C16H16ClFO2/c1-19-14-7-5-12(6-8-14)9-10-20-16-13(11-17)3-2-4-15(16)18/h2-8H,9-11H2,1H3. The zero-order valence-corrected chi connectivity index (χ0v) is 12.0. The number of alkyl halides is 1. The Kier molecular flexibility index (Phi) is 5.24. The van der Waals surface area contributed by atoms with Crippen molar-refractivity contribution >= 4 is 11.6 Å². The quantitative estimate of drug-likeness (QED) is 0.744. The smallest absolute Gasteiger partial charge is 0.165 e. The van der Waals surface area contributed by atoms with Crippen LogP contribution in [0.4, 0.5) is 4.39 Å². The third-order valence-corrected chi connectivity index (χ3v) is 3.28. The average molecular weight is 295 g/mol. The molecule has 0 amide bonds. The van der Waals surface area contributed by atoms with E-state index < -0.39 is 0 Å². The van der Waals surface area contributed by atoms with E-state index in [1.165, 1.54) is 6.07 Å². The zero-order valence-electron chi connectivity index (χ0n) is 11.2. The van der Waals surface area contributed by atoms with Gasteiger partial charge in [-0.2, -0.15) is 0 Å². The molecule has 4 heteroatoms. The number of hydrogen-bond acceptors (Lipinski definition) is 2. The lowest BCUT2D eigenvalue weighted by molar-refractivity contribution is 0.302. The van der Waals surface area contributed by atoms with Crippen molar-refractivity contribution in [2.75, 3.05) is 13.7 Å². The largest absolute Gasteiger partial charge is 0.497 e. The molecule has 0 saturated heterocycles. The van der Waals surface area contributed by atoms with Crippen molar-refractivity contribution in [3.8, 4) is 11.5 Å². The Morgan fingerprint density at radius 3 is 2.50 bits per heavy atom. The van der Waals surface area contributed by atoms with Crippen LogP contribution in [0.5, 0.6) is 11.5 Å². The van der Waals surface area contributed by atoms with Gasteiger partial charge in [0, 0.05) is 12.0 Å². The number of ether oxygens (including phenoxy) is 2. The van der Waals surface area contributed by atoms with Crippen molar-refractivity contribution in [2.24, 2.45) is 0 Å². The van der Waals surface area contributed by atoms with Crippen LogP contribution in [0.15, 0.2) is 42.5 Å². The Labute approximate surface area is 123 Å². The second kappa shape index (κ2) is 7.15. The first-order chi connectivity index (χ1) is 9.74. The third-order valence-electron chi connectivity index (χ3n) is 2.99. The minimum absolute atomic E-state index is 0.232. The minimum Gasteiger partial charge on any atom is -0.497 e. The molecule has 2 aromatic rings. The SMILES string of the molecule is COc1ccc(CCOc2c(F)cccc2CCl)cc1. The van der Waals surface area contributed by atoms with Crippen LogP contribution in [-0.2, 0) is 12.3 Å². The summed E-state index contributed by atoms with van der Waals surface area (Å²) in [7, 11) is 1.63. The van der Waals surface area contributed by atoms with E-state index in [0.29, 0.717) is 18.6 Å². The van der Waals surface area contributed by atoms with Crippen LogP contribution >= 0.6 is 11.6 Å². The molecule has 0 aromatic heterocycles. The number of methoxy groups -OCH3 is 1. The van der Waals surface area contributed by atoms with Gasteiger partial charge in [0.1, 0.15) is 5.75 Å². The van der Waals surface area contributed by atoms with E-state index in [1.807, 2.05) is 24.3 Å². The first kappa shape index (κ1) is 14.7. The van der Waals surface area contributed by atoms with Gasteiger partial charge < -0.3 is 9.47 Å². The maximum atomic E-state index is 13.7. The fraction of sp³-hybridized carbons (Fsp3) is 0.250. The summed E-state index contributed by atoms with van der Waals surface area (Å²) in [5.41, 5.74) is 1.77. The van der Waals surface area contributed by atoms with Crippen LogP contribution in [0.1, 0.15) is 11.1 Å². The summed E-state index contributed by atoms with van der Waals surface area (Å²) >= 11 is 5.77. The van der Waals surface area contributed by atoms with Crippen molar-refractivity contribution in [3.05, 3.63) is 59.4 Å². The lowest BCUT2D eigenvalue weighted by Gasteiger charge is -2.11. The molecule has 0 unspecified atom stereocenters. The van der Waals surface area contributed by atoms with Gasteiger partial charge in [-0.1, -0.05) is 24.3 Å². The normalized spacial score (nSPS) is 10.3. The van der Waals surface area contributed by atoms with Gasteiger partial charge in [0.15, 0.2) is 11.6 Å². The Hall–Kier alpha value is -1.74.